The Balaban J connectivity index is 1.70. The van der Waals surface area contributed by atoms with Crippen molar-refractivity contribution in [2.24, 2.45) is 0 Å². The van der Waals surface area contributed by atoms with Crippen molar-refractivity contribution < 1.29 is 23.0 Å². The summed E-state index contributed by atoms with van der Waals surface area (Å²) in [6.07, 6.45) is 0. The average molecular weight is 407 g/mol. The molecule has 3 aromatic rings. The van der Waals surface area contributed by atoms with Gasteiger partial charge in [0.05, 0.1) is 29.1 Å². The van der Waals surface area contributed by atoms with Crippen LogP contribution >= 0.6 is 11.8 Å². The van der Waals surface area contributed by atoms with Crippen LogP contribution in [0.4, 0.5) is 14.5 Å². The molecule has 148 valence electrons. The molecule has 0 unspecified atom stereocenters. The minimum atomic E-state index is -2.96. The minimum Gasteiger partial charge on any atom is -0.433 e. The molecule has 9 heteroatoms. The molecule has 1 amide bonds. The van der Waals surface area contributed by atoms with Gasteiger partial charge in [0.1, 0.15) is 5.75 Å². The Hall–Kier alpha value is -2.65. The summed E-state index contributed by atoms with van der Waals surface area (Å²) < 4.78 is 36.6. The Kier molecular flexibility index (Phi) is 6.83. The van der Waals surface area contributed by atoms with Crippen molar-refractivity contribution in [3.63, 3.8) is 0 Å². The number of thioether (sulfide) groups is 1. The van der Waals surface area contributed by atoms with Crippen LogP contribution in [0.2, 0.25) is 0 Å². The van der Waals surface area contributed by atoms with Gasteiger partial charge in [-0.15, -0.1) is 0 Å². The summed E-state index contributed by atoms with van der Waals surface area (Å²) in [4.78, 5) is 16.9. The molecule has 6 nitrogen and oxygen atoms in total. The smallest absolute Gasteiger partial charge is 0.387 e. The van der Waals surface area contributed by atoms with Crippen molar-refractivity contribution in [3.8, 4) is 5.75 Å². The Morgan fingerprint density at radius 1 is 1.21 bits per heavy atom. The highest BCUT2D eigenvalue weighted by atomic mass is 32.2. The monoisotopic (exact) mass is 407 g/mol. The molecule has 0 spiro atoms. The quantitative estimate of drug-likeness (QED) is 0.543. The molecule has 28 heavy (non-hydrogen) atoms. The second-order valence-electron chi connectivity index (χ2n) is 5.74. The number of carbonyl (C=O) groups excluding carboxylic acids is 1. The first-order chi connectivity index (χ1) is 13.6. The average Bonchev–Trinajstić information content (AvgIpc) is 3.03. The van der Waals surface area contributed by atoms with Gasteiger partial charge in [0.25, 0.3) is 0 Å². The summed E-state index contributed by atoms with van der Waals surface area (Å²) in [5.74, 6) is -0.358. The maximum absolute atomic E-state index is 12.5. The van der Waals surface area contributed by atoms with E-state index in [9.17, 15) is 13.6 Å². The van der Waals surface area contributed by atoms with Gasteiger partial charge in [0, 0.05) is 13.7 Å². The highest BCUT2D eigenvalue weighted by molar-refractivity contribution is 7.99. The van der Waals surface area contributed by atoms with Crippen molar-refractivity contribution in [2.75, 3.05) is 24.8 Å². The molecule has 0 aliphatic rings. The number of hydrogen-bond acceptors (Lipinski definition) is 5. The molecule has 0 atom stereocenters. The Morgan fingerprint density at radius 2 is 1.96 bits per heavy atom. The minimum absolute atomic E-state index is 0.0688. The van der Waals surface area contributed by atoms with Gasteiger partial charge in [-0.1, -0.05) is 36.0 Å². The Bertz CT molecular complexity index is 949. The van der Waals surface area contributed by atoms with Gasteiger partial charge in [-0.05, 0) is 24.3 Å². The fourth-order valence-corrected chi connectivity index (χ4v) is 3.49. The summed E-state index contributed by atoms with van der Waals surface area (Å²) in [6, 6.07) is 13.8. The third kappa shape index (κ3) is 4.99. The Morgan fingerprint density at radius 3 is 2.75 bits per heavy atom. The summed E-state index contributed by atoms with van der Waals surface area (Å²) in [5.41, 5.74) is 1.98. The Labute approximate surface area is 164 Å². The lowest BCUT2D eigenvalue weighted by Gasteiger charge is -2.12. The summed E-state index contributed by atoms with van der Waals surface area (Å²) in [5, 5.41) is 3.29. The number of fused-ring (bicyclic) bond motifs is 1. The van der Waals surface area contributed by atoms with Gasteiger partial charge < -0.3 is 19.4 Å². The van der Waals surface area contributed by atoms with E-state index in [1.165, 1.54) is 23.9 Å². The SMILES string of the molecule is COCCn1c(SCC(=O)Nc2ccccc2OC(F)F)nc2ccccc21. The van der Waals surface area contributed by atoms with Crippen LogP contribution in [0.15, 0.2) is 53.7 Å². The third-order valence-electron chi connectivity index (χ3n) is 3.85. The van der Waals surface area contributed by atoms with Crippen LogP contribution in [0.1, 0.15) is 0 Å². The molecule has 0 aliphatic heterocycles. The van der Waals surface area contributed by atoms with E-state index in [4.69, 9.17) is 4.74 Å². The number of benzene rings is 2. The molecule has 0 aliphatic carbocycles. The number of imidazole rings is 1. The van der Waals surface area contributed by atoms with E-state index in [-0.39, 0.29) is 23.1 Å². The van der Waals surface area contributed by atoms with E-state index in [1.807, 2.05) is 28.8 Å². The topological polar surface area (TPSA) is 65.4 Å². The normalized spacial score (nSPS) is 11.1. The van der Waals surface area contributed by atoms with Crippen LogP contribution in [-0.4, -0.2) is 41.5 Å². The van der Waals surface area contributed by atoms with Crippen LogP contribution in [0.5, 0.6) is 5.75 Å². The van der Waals surface area contributed by atoms with E-state index < -0.39 is 6.61 Å². The maximum Gasteiger partial charge on any atom is 0.387 e. The molecular weight excluding hydrogens is 388 g/mol. The van der Waals surface area contributed by atoms with Gasteiger partial charge in [-0.25, -0.2) is 4.98 Å². The largest absolute Gasteiger partial charge is 0.433 e. The maximum atomic E-state index is 12.5. The molecule has 1 heterocycles. The molecule has 0 saturated carbocycles. The van der Waals surface area contributed by atoms with Crippen molar-refractivity contribution in [1.82, 2.24) is 9.55 Å². The van der Waals surface area contributed by atoms with Crippen molar-refractivity contribution in [1.29, 1.82) is 0 Å². The van der Waals surface area contributed by atoms with E-state index >= 15 is 0 Å². The van der Waals surface area contributed by atoms with Crippen LogP contribution < -0.4 is 10.1 Å². The molecular formula is C19H19F2N3O3S. The molecule has 1 N–H and O–H groups in total. The van der Waals surface area contributed by atoms with Crippen molar-refractivity contribution in [3.05, 3.63) is 48.5 Å². The van der Waals surface area contributed by atoms with Gasteiger partial charge in [-0.3, -0.25) is 4.79 Å². The zero-order chi connectivity index (χ0) is 19.9. The van der Waals surface area contributed by atoms with Gasteiger partial charge in [-0.2, -0.15) is 8.78 Å². The number of nitrogens with zero attached hydrogens (tertiary/aromatic N) is 2. The number of halogens is 2. The number of para-hydroxylation sites is 4. The predicted octanol–water partition coefficient (Wildman–Crippen LogP) is 4.01. The lowest BCUT2D eigenvalue weighted by molar-refractivity contribution is -0.113. The highest BCUT2D eigenvalue weighted by Crippen LogP contribution is 2.27. The zero-order valence-corrected chi connectivity index (χ0v) is 15.9. The standard InChI is InChI=1S/C19H19F2N3O3S/c1-26-11-10-24-15-8-4-2-6-13(15)23-19(24)28-12-17(25)22-14-7-3-5-9-16(14)27-18(20)21/h2-9,18H,10-12H2,1H3,(H,22,25). The zero-order valence-electron chi connectivity index (χ0n) is 15.1. The number of nitrogens with one attached hydrogen (secondary N) is 1. The second kappa shape index (κ2) is 9.52. The first-order valence-corrected chi connectivity index (χ1v) is 9.47. The summed E-state index contributed by atoms with van der Waals surface area (Å²) >= 11 is 1.27. The van der Waals surface area contributed by atoms with Gasteiger partial charge in [0.2, 0.25) is 5.91 Å². The molecule has 1 aromatic heterocycles. The molecule has 3 rings (SSSR count). The van der Waals surface area contributed by atoms with E-state index in [2.05, 4.69) is 15.0 Å². The number of carbonyl (C=O) groups is 1. The fraction of sp³-hybridized carbons (Fsp3) is 0.263. The van der Waals surface area contributed by atoms with E-state index in [0.29, 0.717) is 18.3 Å². The van der Waals surface area contributed by atoms with Crippen LogP contribution in [-0.2, 0) is 16.1 Å². The summed E-state index contributed by atoms with van der Waals surface area (Å²) in [6.45, 7) is -1.85. The number of rotatable bonds is 9. The van der Waals surface area contributed by atoms with Crippen LogP contribution in [0.3, 0.4) is 0 Å². The van der Waals surface area contributed by atoms with Crippen molar-refractivity contribution in [2.45, 2.75) is 18.3 Å². The van der Waals surface area contributed by atoms with Gasteiger partial charge in [0.15, 0.2) is 5.16 Å². The van der Waals surface area contributed by atoms with Crippen LogP contribution in [0.25, 0.3) is 11.0 Å². The number of ether oxygens (including phenoxy) is 2. The van der Waals surface area contributed by atoms with Crippen LogP contribution in [0, 0.1) is 0 Å². The number of alkyl halides is 2. The summed E-state index contributed by atoms with van der Waals surface area (Å²) in [7, 11) is 1.62. The third-order valence-corrected chi connectivity index (χ3v) is 4.82. The lowest BCUT2D eigenvalue weighted by Crippen LogP contribution is -2.16. The van der Waals surface area contributed by atoms with E-state index in [0.717, 1.165) is 11.0 Å². The number of aromatic nitrogens is 2. The molecule has 2 aromatic carbocycles. The molecule has 0 fully saturated rings. The first-order valence-electron chi connectivity index (χ1n) is 8.49. The van der Waals surface area contributed by atoms with Crippen molar-refractivity contribution >= 4 is 34.4 Å². The van der Waals surface area contributed by atoms with Gasteiger partial charge >= 0.3 is 6.61 Å². The predicted molar refractivity (Wildman–Crippen MR) is 104 cm³/mol. The number of hydrogen-bond donors (Lipinski definition) is 1. The lowest BCUT2D eigenvalue weighted by atomic mass is 10.3. The molecule has 0 radical (unpaired) electrons. The molecule has 0 bridgehead atoms. The number of amides is 1. The number of anilines is 1. The number of methoxy groups -OCH3 is 1. The van der Waals surface area contributed by atoms with E-state index in [1.54, 1.807) is 19.2 Å². The molecule has 0 saturated heterocycles. The fourth-order valence-electron chi connectivity index (χ4n) is 2.65. The first kappa shape index (κ1) is 20.1. The highest BCUT2D eigenvalue weighted by Gasteiger charge is 2.15. The second-order valence-corrected chi connectivity index (χ2v) is 6.68.